The number of aromatic hydroxyl groups is 1. The smallest absolute Gasteiger partial charge is 0.313 e. The molecule has 0 saturated carbocycles. The van der Waals surface area contributed by atoms with Crippen LogP contribution in [0.25, 0.3) is 0 Å². The molecule has 0 heterocycles. The van der Waals surface area contributed by atoms with Gasteiger partial charge in [-0.2, -0.15) is 5.26 Å². The summed E-state index contributed by atoms with van der Waals surface area (Å²) in [4.78, 5) is 9.61. The lowest BCUT2D eigenvalue weighted by molar-refractivity contribution is -0.386. The predicted molar refractivity (Wildman–Crippen MR) is 47.2 cm³/mol. The number of nitriles is 1. The number of nitrogens with zero attached hydrogens (tertiary/aromatic N) is 2. The van der Waals surface area contributed by atoms with Gasteiger partial charge in [-0.05, 0) is 6.07 Å². The molecule has 0 fully saturated rings. The van der Waals surface area contributed by atoms with E-state index in [1.54, 1.807) is 6.07 Å². The van der Waals surface area contributed by atoms with Crippen LogP contribution in [0.2, 0.25) is 0 Å². The molecule has 66 valence electrons. The van der Waals surface area contributed by atoms with Gasteiger partial charge in [-0.3, -0.25) is 10.1 Å². The molecule has 1 aromatic rings. The molecule has 1 N–H and O–H groups in total. The first-order valence-corrected chi connectivity index (χ1v) is 3.92. The zero-order valence-corrected chi connectivity index (χ0v) is 7.78. The Bertz CT molecular complexity index is 411. The molecule has 1 aromatic carbocycles. The average Bonchev–Trinajstić information content (AvgIpc) is 2.08. The van der Waals surface area contributed by atoms with Crippen LogP contribution >= 0.6 is 15.9 Å². The molecule has 0 saturated heterocycles. The minimum absolute atomic E-state index is 0.124. The van der Waals surface area contributed by atoms with Gasteiger partial charge < -0.3 is 5.11 Å². The van der Waals surface area contributed by atoms with Gasteiger partial charge in [0.2, 0.25) is 5.75 Å². The van der Waals surface area contributed by atoms with Crippen LogP contribution in [0.1, 0.15) is 5.56 Å². The van der Waals surface area contributed by atoms with Gasteiger partial charge in [0, 0.05) is 10.5 Å². The fraction of sp³-hybridized carbons (Fsp3) is 0. The maximum Gasteiger partial charge on any atom is 0.313 e. The van der Waals surface area contributed by atoms with Crippen LogP contribution in [0.3, 0.4) is 0 Å². The highest BCUT2D eigenvalue weighted by Gasteiger charge is 2.17. The van der Waals surface area contributed by atoms with E-state index >= 15 is 0 Å². The van der Waals surface area contributed by atoms with Crippen LogP contribution in [0.5, 0.6) is 5.75 Å². The molecular weight excluding hydrogens is 240 g/mol. The summed E-state index contributed by atoms with van der Waals surface area (Å²) in [5.41, 5.74) is -0.605. The third-order valence-electron chi connectivity index (χ3n) is 1.37. The van der Waals surface area contributed by atoms with E-state index < -0.39 is 16.4 Å². The number of hydrogen-bond acceptors (Lipinski definition) is 4. The van der Waals surface area contributed by atoms with E-state index in [-0.39, 0.29) is 5.56 Å². The van der Waals surface area contributed by atoms with Gasteiger partial charge in [-0.1, -0.05) is 15.9 Å². The van der Waals surface area contributed by atoms with Gasteiger partial charge in [0.05, 0.1) is 4.92 Å². The lowest BCUT2D eigenvalue weighted by Gasteiger charge is -1.98. The first-order valence-electron chi connectivity index (χ1n) is 3.13. The van der Waals surface area contributed by atoms with Gasteiger partial charge in [0.1, 0.15) is 11.6 Å². The molecule has 0 radical (unpaired) electrons. The van der Waals surface area contributed by atoms with Crippen molar-refractivity contribution in [1.29, 1.82) is 5.26 Å². The zero-order valence-electron chi connectivity index (χ0n) is 6.19. The SMILES string of the molecule is N#Cc1cc(Br)cc([N+](=O)[O-])c1O. The highest BCUT2D eigenvalue weighted by atomic mass is 79.9. The number of phenolic OH excluding ortho intramolecular Hbond substituents is 1. The highest BCUT2D eigenvalue weighted by molar-refractivity contribution is 9.10. The van der Waals surface area contributed by atoms with Crippen LogP contribution in [0.4, 0.5) is 5.69 Å². The third kappa shape index (κ3) is 1.76. The molecule has 0 atom stereocenters. The number of rotatable bonds is 1. The first-order chi connectivity index (χ1) is 6.06. The van der Waals surface area contributed by atoms with Gasteiger partial charge in [0.15, 0.2) is 0 Å². The maximum atomic E-state index is 10.4. The lowest BCUT2D eigenvalue weighted by atomic mass is 10.2. The van der Waals surface area contributed by atoms with Crippen molar-refractivity contribution in [3.05, 3.63) is 32.3 Å². The Balaban J connectivity index is 3.47. The first kappa shape index (κ1) is 9.48. The topological polar surface area (TPSA) is 87.2 Å². The highest BCUT2D eigenvalue weighted by Crippen LogP contribution is 2.32. The Hall–Kier alpha value is -1.61. The predicted octanol–water partition coefficient (Wildman–Crippen LogP) is 1.93. The Morgan fingerprint density at radius 2 is 2.23 bits per heavy atom. The summed E-state index contributed by atoms with van der Waals surface area (Å²) in [5.74, 6) is -0.601. The standard InChI is InChI=1S/C7H3BrN2O3/c8-5-1-4(3-9)7(11)6(2-5)10(12)13/h1-2,11H. The molecule has 6 heteroatoms. The van der Waals surface area contributed by atoms with Crippen molar-refractivity contribution in [2.24, 2.45) is 0 Å². The summed E-state index contributed by atoms with van der Waals surface area (Å²) in [5, 5.41) is 28.1. The van der Waals surface area contributed by atoms with Crippen LogP contribution < -0.4 is 0 Å². The van der Waals surface area contributed by atoms with Crippen LogP contribution in [-0.4, -0.2) is 10.0 Å². The summed E-state index contributed by atoms with van der Waals surface area (Å²) in [6.45, 7) is 0. The fourth-order valence-corrected chi connectivity index (χ4v) is 1.26. The molecule has 0 unspecified atom stereocenters. The molecule has 0 aliphatic rings. The van der Waals surface area contributed by atoms with Crippen molar-refractivity contribution in [3.8, 4) is 11.8 Å². The molecule has 0 spiro atoms. The molecule has 0 aliphatic heterocycles. The number of phenols is 1. The van der Waals surface area contributed by atoms with E-state index in [9.17, 15) is 15.2 Å². The number of benzene rings is 1. The monoisotopic (exact) mass is 242 g/mol. The summed E-state index contributed by atoms with van der Waals surface area (Å²) >= 11 is 2.99. The van der Waals surface area contributed by atoms with Crippen LogP contribution in [-0.2, 0) is 0 Å². The second-order valence-electron chi connectivity index (χ2n) is 2.19. The van der Waals surface area contributed by atoms with Crippen molar-refractivity contribution in [2.45, 2.75) is 0 Å². The normalized spacial score (nSPS) is 9.23. The fourth-order valence-electron chi connectivity index (χ4n) is 0.809. The van der Waals surface area contributed by atoms with Crippen molar-refractivity contribution in [3.63, 3.8) is 0 Å². The van der Waals surface area contributed by atoms with Crippen molar-refractivity contribution < 1.29 is 10.0 Å². The van der Waals surface area contributed by atoms with E-state index in [1.807, 2.05) is 0 Å². The Morgan fingerprint density at radius 3 is 2.69 bits per heavy atom. The van der Waals surface area contributed by atoms with Gasteiger partial charge >= 0.3 is 5.69 Å². The van der Waals surface area contributed by atoms with E-state index in [0.29, 0.717) is 4.47 Å². The second-order valence-corrected chi connectivity index (χ2v) is 3.11. The average molecular weight is 243 g/mol. The van der Waals surface area contributed by atoms with E-state index in [1.165, 1.54) is 6.07 Å². The van der Waals surface area contributed by atoms with E-state index in [0.717, 1.165) is 6.07 Å². The molecule has 0 aliphatic carbocycles. The number of halogens is 1. The Morgan fingerprint density at radius 1 is 1.62 bits per heavy atom. The Labute approximate surface area is 81.5 Å². The summed E-state index contributed by atoms with van der Waals surface area (Å²) in [7, 11) is 0. The molecule has 0 bridgehead atoms. The van der Waals surface area contributed by atoms with Crippen molar-refractivity contribution in [1.82, 2.24) is 0 Å². The minimum Gasteiger partial charge on any atom is -0.501 e. The van der Waals surface area contributed by atoms with E-state index in [4.69, 9.17) is 5.26 Å². The molecule has 0 amide bonds. The molecular formula is C7H3BrN2O3. The molecule has 5 nitrogen and oxygen atoms in total. The molecule has 0 aromatic heterocycles. The largest absolute Gasteiger partial charge is 0.501 e. The minimum atomic E-state index is -0.749. The van der Waals surface area contributed by atoms with Gasteiger partial charge in [-0.15, -0.1) is 0 Å². The van der Waals surface area contributed by atoms with Gasteiger partial charge in [-0.25, -0.2) is 0 Å². The molecule has 13 heavy (non-hydrogen) atoms. The maximum absolute atomic E-state index is 10.4. The quantitative estimate of drug-likeness (QED) is 0.602. The number of nitro benzene ring substituents is 1. The summed E-state index contributed by atoms with van der Waals surface area (Å²) in [6, 6.07) is 4.09. The van der Waals surface area contributed by atoms with Crippen LogP contribution in [0, 0.1) is 21.4 Å². The summed E-state index contributed by atoms with van der Waals surface area (Å²) in [6.07, 6.45) is 0. The lowest BCUT2D eigenvalue weighted by Crippen LogP contribution is -1.90. The van der Waals surface area contributed by atoms with Crippen LogP contribution in [0.15, 0.2) is 16.6 Å². The second kappa shape index (κ2) is 3.41. The number of hydrogen-bond donors (Lipinski definition) is 1. The zero-order chi connectivity index (χ0) is 10.0. The van der Waals surface area contributed by atoms with Crippen molar-refractivity contribution >= 4 is 21.6 Å². The van der Waals surface area contributed by atoms with E-state index in [2.05, 4.69) is 15.9 Å². The summed E-state index contributed by atoms with van der Waals surface area (Å²) < 4.78 is 0.383. The number of nitro groups is 1. The third-order valence-corrected chi connectivity index (χ3v) is 1.83. The van der Waals surface area contributed by atoms with Crippen molar-refractivity contribution in [2.75, 3.05) is 0 Å². The van der Waals surface area contributed by atoms with Gasteiger partial charge in [0.25, 0.3) is 0 Å². The molecule has 1 rings (SSSR count). The Kier molecular flexibility index (Phi) is 2.49.